The highest BCUT2D eigenvalue weighted by molar-refractivity contribution is 5.88. The third-order valence-corrected chi connectivity index (χ3v) is 1.73. The van der Waals surface area contributed by atoms with Crippen LogP contribution in [-0.2, 0) is 0 Å². The number of aliphatic imine (C=N–C) groups is 1. The van der Waals surface area contributed by atoms with Crippen molar-refractivity contribution in [1.82, 2.24) is 5.32 Å². The first-order valence-electron chi connectivity index (χ1n) is 3.75. The van der Waals surface area contributed by atoms with Crippen LogP contribution in [0, 0.1) is 5.92 Å². The minimum absolute atomic E-state index is 0.0995. The average molecular weight is 141 g/mol. The molecule has 0 fully saturated rings. The molecule has 3 nitrogen and oxygen atoms in total. The zero-order valence-electron chi connectivity index (χ0n) is 6.59. The Balaban J connectivity index is 2.47. The van der Waals surface area contributed by atoms with Crippen LogP contribution in [0.15, 0.2) is 4.99 Å². The summed E-state index contributed by atoms with van der Waals surface area (Å²) in [5.41, 5.74) is 5.83. The molecule has 3 N–H and O–H groups in total. The Kier molecular flexibility index (Phi) is 2.27. The number of hydrogen-bond acceptors (Lipinski definition) is 3. The molecule has 1 aliphatic heterocycles. The molecule has 1 rings (SSSR count). The molecule has 0 bridgehead atoms. The fourth-order valence-electron chi connectivity index (χ4n) is 0.955. The molecule has 0 saturated carbocycles. The van der Waals surface area contributed by atoms with E-state index in [4.69, 9.17) is 5.73 Å². The van der Waals surface area contributed by atoms with Crippen molar-refractivity contribution in [2.45, 2.75) is 19.9 Å². The topological polar surface area (TPSA) is 50.4 Å². The van der Waals surface area contributed by atoms with Gasteiger partial charge in [-0.05, 0) is 5.92 Å². The van der Waals surface area contributed by atoms with Crippen molar-refractivity contribution in [2.75, 3.05) is 13.1 Å². The average Bonchev–Trinajstić information content (AvgIpc) is 2.36. The molecule has 0 unspecified atom stereocenters. The van der Waals surface area contributed by atoms with Gasteiger partial charge in [-0.2, -0.15) is 0 Å². The fraction of sp³-hybridized carbons (Fsp3) is 0.857. The van der Waals surface area contributed by atoms with Crippen LogP contribution in [0.25, 0.3) is 0 Å². The summed E-state index contributed by atoms with van der Waals surface area (Å²) in [6.07, 6.45) is 0. The molecule has 0 saturated heterocycles. The van der Waals surface area contributed by atoms with Crippen molar-refractivity contribution in [2.24, 2.45) is 16.6 Å². The van der Waals surface area contributed by atoms with Gasteiger partial charge >= 0.3 is 0 Å². The number of nitrogens with one attached hydrogen (secondary N) is 1. The Morgan fingerprint density at radius 2 is 2.30 bits per heavy atom. The summed E-state index contributed by atoms with van der Waals surface area (Å²) in [6, 6.07) is 0.0995. The van der Waals surface area contributed by atoms with Gasteiger partial charge in [0.15, 0.2) is 0 Å². The molecule has 0 amide bonds. The lowest BCUT2D eigenvalue weighted by molar-refractivity contribution is 0.586. The first kappa shape index (κ1) is 7.54. The summed E-state index contributed by atoms with van der Waals surface area (Å²) < 4.78 is 0. The minimum atomic E-state index is 0.0995. The molecular weight excluding hydrogens is 126 g/mol. The predicted molar refractivity (Wildman–Crippen MR) is 43.1 cm³/mol. The number of nitrogens with two attached hydrogens (primary N) is 1. The van der Waals surface area contributed by atoms with Gasteiger partial charge in [-0.25, -0.2) is 0 Å². The molecule has 0 spiro atoms. The minimum Gasteiger partial charge on any atom is -0.371 e. The molecule has 3 heteroatoms. The molecule has 10 heavy (non-hydrogen) atoms. The maximum absolute atomic E-state index is 5.83. The van der Waals surface area contributed by atoms with Crippen molar-refractivity contribution in [3.05, 3.63) is 0 Å². The number of hydrogen-bond donors (Lipinski definition) is 2. The number of nitrogens with zero attached hydrogens (tertiary/aromatic N) is 1. The standard InChI is InChI=1S/C7H15N3/c1-5(2)6(8)7-9-3-4-10-7/h5-6H,3-4,8H2,1-2H3,(H,9,10)/t6-/m0/s1. The van der Waals surface area contributed by atoms with Gasteiger partial charge < -0.3 is 11.1 Å². The van der Waals surface area contributed by atoms with Crippen LogP contribution < -0.4 is 11.1 Å². The lowest BCUT2D eigenvalue weighted by Gasteiger charge is -2.15. The zero-order chi connectivity index (χ0) is 7.56. The quantitative estimate of drug-likeness (QED) is 0.567. The highest BCUT2D eigenvalue weighted by Crippen LogP contribution is 2.01. The third-order valence-electron chi connectivity index (χ3n) is 1.73. The Hall–Kier alpha value is -0.570. The summed E-state index contributed by atoms with van der Waals surface area (Å²) in [5.74, 6) is 1.46. The van der Waals surface area contributed by atoms with E-state index in [-0.39, 0.29) is 6.04 Å². The second kappa shape index (κ2) is 3.01. The van der Waals surface area contributed by atoms with Crippen molar-refractivity contribution in [3.8, 4) is 0 Å². The van der Waals surface area contributed by atoms with Crippen LogP contribution in [0.1, 0.15) is 13.8 Å². The third kappa shape index (κ3) is 1.48. The molecule has 58 valence electrons. The molecule has 1 aliphatic rings. The second-order valence-electron chi connectivity index (χ2n) is 2.96. The van der Waals surface area contributed by atoms with E-state index in [9.17, 15) is 0 Å². The van der Waals surface area contributed by atoms with Gasteiger partial charge in [0, 0.05) is 6.54 Å². The van der Waals surface area contributed by atoms with Crippen molar-refractivity contribution < 1.29 is 0 Å². The monoisotopic (exact) mass is 141 g/mol. The summed E-state index contributed by atoms with van der Waals surface area (Å²) in [6.45, 7) is 6.05. The number of rotatable bonds is 2. The molecule has 0 radical (unpaired) electrons. The van der Waals surface area contributed by atoms with Gasteiger partial charge in [0.05, 0.1) is 12.6 Å². The Morgan fingerprint density at radius 3 is 2.70 bits per heavy atom. The summed E-state index contributed by atoms with van der Waals surface area (Å²) in [5, 5.41) is 3.16. The summed E-state index contributed by atoms with van der Waals surface area (Å²) in [4.78, 5) is 4.24. The van der Waals surface area contributed by atoms with E-state index < -0.39 is 0 Å². The fourth-order valence-corrected chi connectivity index (χ4v) is 0.955. The predicted octanol–water partition coefficient (Wildman–Crippen LogP) is -0.0286. The second-order valence-corrected chi connectivity index (χ2v) is 2.96. The van der Waals surface area contributed by atoms with Crippen molar-refractivity contribution in [3.63, 3.8) is 0 Å². The Morgan fingerprint density at radius 1 is 1.60 bits per heavy atom. The van der Waals surface area contributed by atoms with Gasteiger partial charge in [0.1, 0.15) is 5.84 Å². The van der Waals surface area contributed by atoms with E-state index in [2.05, 4.69) is 24.2 Å². The summed E-state index contributed by atoms with van der Waals surface area (Å²) in [7, 11) is 0. The van der Waals surface area contributed by atoms with E-state index in [1.54, 1.807) is 0 Å². The molecule has 0 aromatic carbocycles. The normalized spacial score (nSPS) is 20.6. The highest BCUT2D eigenvalue weighted by atomic mass is 15.1. The van der Waals surface area contributed by atoms with Crippen molar-refractivity contribution >= 4 is 5.84 Å². The molecule has 0 aromatic heterocycles. The van der Waals surface area contributed by atoms with E-state index in [0.717, 1.165) is 18.9 Å². The van der Waals surface area contributed by atoms with E-state index in [1.807, 2.05) is 0 Å². The maximum Gasteiger partial charge on any atom is 0.114 e. The van der Waals surface area contributed by atoms with Gasteiger partial charge in [-0.3, -0.25) is 4.99 Å². The van der Waals surface area contributed by atoms with Gasteiger partial charge in [-0.15, -0.1) is 0 Å². The Bertz CT molecular complexity index is 140. The first-order valence-corrected chi connectivity index (χ1v) is 3.75. The van der Waals surface area contributed by atoms with Crippen LogP contribution in [-0.4, -0.2) is 25.0 Å². The van der Waals surface area contributed by atoms with Gasteiger partial charge in [-0.1, -0.05) is 13.8 Å². The first-order chi connectivity index (χ1) is 4.72. The molecule has 0 aromatic rings. The zero-order valence-corrected chi connectivity index (χ0v) is 6.59. The molecule has 0 aliphatic carbocycles. The van der Waals surface area contributed by atoms with E-state index in [1.165, 1.54) is 0 Å². The summed E-state index contributed by atoms with van der Waals surface area (Å²) >= 11 is 0. The molecule has 1 heterocycles. The van der Waals surface area contributed by atoms with E-state index >= 15 is 0 Å². The van der Waals surface area contributed by atoms with Crippen LogP contribution in [0.5, 0.6) is 0 Å². The van der Waals surface area contributed by atoms with E-state index in [0.29, 0.717) is 5.92 Å². The van der Waals surface area contributed by atoms with Crippen LogP contribution >= 0.6 is 0 Å². The molecule has 1 atom stereocenters. The highest BCUT2D eigenvalue weighted by Gasteiger charge is 2.16. The van der Waals surface area contributed by atoms with Crippen molar-refractivity contribution in [1.29, 1.82) is 0 Å². The number of amidine groups is 1. The van der Waals surface area contributed by atoms with Crippen LogP contribution in [0.3, 0.4) is 0 Å². The lowest BCUT2D eigenvalue weighted by Crippen LogP contribution is -2.41. The lowest BCUT2D eigenvalue weighted by atomic mass is 10.1. The largest absolute Gasteiger partial charge is 0.371 e. The Labute approximate surface area is 61.7 Å². The van der Waals surface area contributed by atoms with Gasteiger partial charge in [0.25, 0.3) is 0 Å². The SMILES string of the molecule is CC(C)[C@H](N)C1=NCCN1. The smallest absolute Gasteiger partial charge is 0.114 e. The van der Waals surface area contributed by atoms with Crippen LogP contribution in [0.2, 0.25) is 0 Å². The molecular formula is C7H15N3. The maximum atomic E-state index is 5.83. The van der Waals surface area contributed by atoms with Crippen LogP contribution in [0.4, 0.5) is 0 Å². The van der Waals surface area contributed by atoms with Gasteiger partial charge in [0.2, 0.25) is 0 Å².